The molecule has 0 saturated heterocycles. The molecule has 0 fully saturated rings. The lowest BCUT2D eigenvalue weighted by Gasteiger charge is -2.29. The molecule has 1 aliphatic rings. The summed E-state index contributed by atoms with van der Waals surface area (Å²) < 4.78 is 7.75. The van der Waals surface area contributed by atoms with Gasteiger partial charge in [-0.2, -0.15) is 0 Å². The fraction of sp³-hybridized carbons (Fsp3) is 0.280. The Labute approximate surface area is 200 Å². The topological polar surface area (TPSA) is 44.1 Å². The molecule has 3 heterocycles. The van der Waals surface area contributed by atoms with Crippen molar-refractivity contribution < 1.29 is 4.74 Å². The van der Waals surface area contributed by atoms with Crippen molar-refractivity contribution in [2.45, 2.75) is 50.3 Å². The molecule has 2 aromatic heterocycles. The van der Waals surface area contributed by atoms with Gasteiger partial charge in [-0.25, -0.2) is 4.98 Å². The van der Waals surface area contributed by atoms with E-state index in [2.05, 4.69) is 13.8 Å². The van der Waals surface area contributed by atoms with Gasteiger partial charge in [0.1, 0.15) is 4.83 Å². The zero-order valence-corrected chi connectivity index (χ0v) is 20.5. The van der Waals surface area contributed by atoms with Crippen LogP contribution in [0.25, 0.3) is 15.9 Å². The highest BCUT2D eigenvalue weighted by molar-refractivity contribution is 7.98. The summed E-state index contributed by atoms with van der Waals surface area (Å²) in [5, 5.41) is 2.14. The summed E-state index contributed by atoms with van der Waals surface area (Å²) in [6.07, 6.45) is 0.713. The Morgan fingerprint density at radius 1 is 1.16 bits per heavy atom. The lowest BCUT2D eigenvalue weighted by atomic mass is 9.94. The third kappa shape index (κ3) is 4.13. The Hall–Kier alpha value is -2.12. The molecule has 32 heavy (non-hydrogen) atoms. The summed E-state index contributed by atoms with van der Waals surface area (Å²) in [6.45, 7) is 6.71. The van der Waals surface area contributed by atoms with Crippen LogP contribution in [0.5, 0.6) is 0 Å². The van der Waals surface area contributed by atoms with E-state index in [9.17, 15) is 4.79 Å². The first kappa shape index (κ1) is 21.7. The maximum Gasteiger partial charge on any atom is 0.267 e. The van der Waals surface area contributed by atoms with E-state index in [1.807, 2.05) is 55.5 Å². The van der Waals surface area contributed by atoms with Crippen molar-refractivity contribution in [1.82, 2.24) is 9.55 Å². The first-order valence-corrected chi connectivity index (χ1v) is 12.6. The number of fused-ring (bicyclic) bond motifs is 3. The summed E-state index contributed by atoms with van der Waals surface area (Å²) in [7, 11) is 0. The molecular weight excluding hydrogens is 460 g/mol. The van der Waals surface area contributed by atoms with E-state index in [-0.39, 0.29) is 11.2 Å². The van der Waals surface area contributed by atoms with Gasteiger partial charge in [0, 0.05) is 22.1 Å². The molecule has 0 radical (unpaired) electrons. The smallest absolute Gasteiger partial charge is 0.267 e. The largest absolute Gasteiger partial charge is 0.370 e. The molecule has 5 rings (SSSR count). The van der Waals surface area contributed by atoms with Gasteiger partial charge in [-0.3, -0.25) is 9.36 Å². The van der Waals surface area contributed by atoms with Crippen molar-refractivity contribution in [3.63, 3.8) is 0 Å². The van der Waals surface area contributed by atoms with Crippen molar-refractivity contribution >= 4 is 44.9 Å². The van der Waals surface area contributed by atoms with Crippen LogP contribution in [0.1, 0.15) is 35.4 Å². The number of nitrogens with zero attached hydrogens (tertiary/aromatic N) is 2. The van der Waals surface area contributed by atoms with Crippen LogP contribution in [0.15, 0.2) is 58.5 Å². The molecule has 0 bridgehead atoms. The SMILES string of the molecule is Cc1ccc(-n2c(SCc3ccc(Cl)cc3)nc3sc4c(c3c2=O)CC(C)(C)OC4)cc1. The van der Waals surface area contributed by atoms with Gasteiger partial charge in [0.2, 0.25) is 0 Å². The van der Waals surface area contributed by atoms with Crippen LogP contribution in [0.3, 0.4) is 0 Å². The zero-order chi connectivity index (χ0) is 22.5. The van der Waals surface area contributed by atoms with Crippen molar-refractivity contribution in [2.75, 3.05) is 0 Å². The normalized spacial score (nSPS) is 15.1. The lowest BCUT2D eigenvalue weighted by molar-refractivity contribution is -0.0379. The Balaban J connectivity index is 1.66. The minimum Gasteiger partial charge on any atom is -0.370 e. The second-order valence-electron chi connectivity index (χ2n) is 8.69. The first-order chi connectivity index (χ1) is 15.3. The summed E-state index contributed by atoms with van der Waals surface area (Å²) in [6, 6.07) is 15.8. The van der Waals surface area contributed by atoms with Gasteiger partial charge >= 0.3 is 0 Å². The van der Waals surface area contributed by atoms with Gasteiger partial charge in [0.15, 0.2) is 5.16 Å². The fourth-order valence-electron chi connectivity index (χ4n) is 3.92. The van der Waals surface area contributed by atoms with E-state index >= 15 is 0 Å². The van der Waals surface area contributed by atoms with Gasteiger partial charge in [-0.1, -0.05) is 53.2 Å². The number of rotatable bonds is 4. The molecule has 2 aromatic carbocycles. The number of hydrogen-bond acceptors (Lipinski definition) is 5. The van der Waals surface area contributed by atoms with Crippen LogP contribution >= 0.6 is 34.7 Å². The van der Waals surface area contributed by atoms with Crippen molar-refractivity contribution in [3.05, 3.63) is 85.5 Å². The molecule has 7 heteroatoms. The average Bonchev–Trinajstić information content (AvgIpc) is 3.11. The van der Waals surface area contributed by atoms with E-state index in [1.54, 1.807) is 27.7 Å². The molecule has 164 valence electrons. The van der Waals surface area contributed by atoms with Crippen LogP contribution < -0.4 is 5.56 Å². The third-order valence-corrected chi connectivity index (χ3v) is 8.01. The van der Waals surface area contributed by atoms with E-state index in [4.69, 9.17) is 21.3 Å². The van der Waals surface area contributed by atoms with Crippen molar-refractivity contribution in [3.8, 4) is 5.69 Å². The highest BCUT2D eigenvalue weighted by Crippen LogP contribution is 2.38. The second-order valence-corrected chi connectivity index (χ2v) is 11.2. The number of benzene rings is 2. The summed E-state index contributed by atoms with van der Waals surface area (Å²) in [4.78, 5) is 20.8. The highest BCUT2D eigenvalue weighted by atomic mass is 35.5. The van der Waals surface area contributed by atoms with Gasteiger partial charge in [0.25, 0.3) is 5.56 Å². The monoisotopic (exact) mass is 482 g/mol. The quantitative estimate of drug-likeness (QED) is 0.244. The van der Waals surface area contributed by atoms with Crippen molar-refractivity contribution in [2.24, 2.45) is 0 Å². The number of hydrogen-bond donors (Lipinski definition) is 0. The van der Waals surface area contributed by atoms with Gasteiger partial charge in [-0.05, 0) is 56.2 Å². The van der Waals surface area contributed by atoms with Gasteiger partial charge < -0.3 is 4.74 Å². The Morgan fingerprint density at radius 3 is 2.59 bits per heavy atom. The van der Waals surface area contributed by atoms with Crippen LogP contribution in [-0.4, -0.2) is 15.2 Å². The Morgan fingerprint density at radius 2 is 1.88 bits per heavy atom. The number of thioether (sulfide) groups is 1. The minimum absolute atomic E-state index is 0.00680. The van der Waals surface area contributed by atoms with E-state index in [0.29, 0.717) is 29.0 Å². The van der Waals surface area contributed by atoms with E-state index in [1.165, 1.54) is 0 Å². The summed E-state index contributed by atoms with van der Waals surface area (Å²) in [5.74, 6) is 0.697. The number of halogens is 1. The molecule has 0 N–H and O–H groups in total. The molecule has 0 unspecified atom stereocenters. The maximum atomic E-state index is 13.9. The lowest BCUT2D eigenvalue weighted by Crippen LogP contribution is -2.32. The van der Waals surface area contributed by atoms with Crippen molar-refractivity contribution in [1.29, 1.82) is 0 Å². The maximum absolute atomic E-state index is 13.9. The molecule has 0 spiro atoms. The number of thiophene rings is 1. The summed E-state index contributed by atoms with van der Waals surface area (Å²) >= 11 is 9.17. The van der Waals surface area contributed by atoms with Crippen LogP contribution in [-0.2, 0) is 23.5 Å². The molecule has 0 saturated carbocycles. The molecule has 4 nitrogen and oxygen atoms in total. The van der Waals surface area contributed by atoms with Gasteiger partial charge in [-0.15, -0.1) is 11.3 Å². The average molecular weight is 483 g/mol. The number of aromatic nitrogens is 2. The van der Waals surface area contributed by atoms with Crippen LogP contribution in [0.4, 0.5) is 0 Å². The molecule has 0 atom stereocenters. The predicted molar refractivity (Wildman–Crippen MR) is 134 cm³/mol. The Bertz CT molecular complexity index is 1360. The summed E-state index contributed by atoms with van der Waals surface area (Å²) in [5.41, 5.74) is 3.91. The van der Waals surface area contributed by atoms with Crippen LogP contribution in [0, 0.1) is 6.92 Å². The molecule has 0 aliphatic carbocycles. The van der Waals surface area contributed by atoms with Crippen LogP contribution in [0.2, 0.25) is 5.02 Å². The standard InChI is InChI=1S/C25H23ClN2O2S2/c1-15-4-10-18(11-5-15)28-23(29)21-19-12-25(2,3)30-13-20(19)32-22(21)27-24(28)31-14-16-6-8-17(26)9-7-16/h4-11H,12-14H2,1-3H3. The zero-order valence-electron chi connectivity index (χ0n) is 18.1. The molecule has 1 aliphatic heterocycles. The first-order valence-electron chi connectivity index (χ1n) is 10.5. The predicted octanol–water partition coefficient (Wildman–Crippen LogP) is 6.55. The third-order valence-electron chi connectivity index (χ3n) is 5.65. The second kappa shape index (κ2) is 8.34. The van der Waals surface area contributed by atoms with Gasteiger partial charge in [0.05, 0.1) is 23.3 Å². The molecule has 4 aromatic rings. The highest BCUT2D eigenvalue weighted by Gasteiger charge is 2.31. The fourth-order valence-corrected chi connectivity index (χ4v) is 6.16. The number of ether oxygens (including phenoxy) is 1. The van der Waals surface area contributed by atoms with E-state index in [0.717, 1.165) is 37.5 Å². The molecule has 0 amide bonds. The van der Waals surface area contributed by atoms with E-state index < -0.39 is 0 Å². The Kier molecular flexibility index (Phi) is 5.66. The molecular formula is C25H23ClN2O2S2. The minimum atomic E-state index is -0.288. The number of aryl methyl sites for hydroxylation is 1.